The number of aliphatic hydroxyl groups is 1. The molecule has 1 saturated heterocycles. The first-order valence-electron chi connectivity index (χ1n) is 9.60. The molecule has 4 rings (SSSR count). The van der Waals surface area contributed by atoms with Crippen LogP contribution in [0.3, 0.4) is 0 Å². The molecular formula is C23H18N2O7. The number of aliphatic hydroxyl groups excluding tert-OH is 1. The van der Waals surface area contributed by atoms with Gasteiger partial charge in [0.2, 0.25) is 0 Å². The number of ketones is 1. The van der Waals surface area contributed by atoms with E-state index in [9.17, 15) is 24.8 Å². The van der Waals surface area contributed by atoms with Gasteiger partial charge in [0.1, 0.15) is 17.3 Å². The third kappa shape index (κ3) is 3.71. The van der Waals surface area contributed by atoms with Crippen LogP contribution in [-0.2, 0) is 16.1 Å². The van der Waals surface area contributed by atoms with Gasteiger partial charge < -0.3 is 19.2 Å². The first-order valence-corrected chi connectivity index (χ1v) is 9.60. The predicted molar refractivity (Wildman–Crippen MR) is 113 cm³/mol. The maximum Gasteiger partial charge on any atom is 0.296 e. The van der Waals surface area contributed by atoms with Gasteiger partial charge in [-0.3, -0.25) is 19.7 Å². The molecule has 9 nitrogen and oxygen atoms in total. The zero-order valence-corrected chi connectivity index (χ0v) is 16.9. The number of methoxy groups -OCH3 is 1. The largest absolute Gasteiger partial charge is 0.507 e. The van der Waals surface area contributed by atoms with Crippen molar-refractivity contribution in [1.82, 2.24) is 4.90 Å². The van der Waals surface area contributed by atoms with E-state index in [-0.39, 0.29) is 23.4 Å². The number of likely N-dealkylation sites (tertiary alicyclic amines) is 1. The Morgan fingerprint density at radius 1 is 1.16 bits per heavy atom. The molecule has 0 bridgehead atoms. The fourth-order valence-electron chi connectivity index (χ4n) is 3.69. The van der Waals surface area contributed by atoms with Crippen molar-refractivity contribution in [2.75, 3.05) is 7.11 Å². The number of hydrogen-bond donors (Lipinski definition) is 1. The summed E-state index contributed by atoms with van der Waals surface area (Å²) in [7, 11) is 1.49. The van der Waals surface area contributed by atoms with E-state index >= 15 is 0 Å². The van der Waals surface area contributed by atoms with Crippen molar-refractivity contribution in [1.29, 1.82) is 0 Å². The van der Waals surface area contributed by atoms with Crippen LogP contribution in [0.1, 0.15) is 22.9 Å². The number of hydrogen-bond acceptors (Lipinski definition) is 7. The fourth-order valence-corrected chi connectivity index (χ4v) is 3.69. The molecule has 0 unspecified atom stereocenters. The normalized spacial score (nSPS) is 17.5. The number of carbonyl (C=O) groups excluding carboxylic acids is 2. The van der Waals surface area contributed by atoms with Gasteiger partial charge in [-0.25, -0.2) is 0 Å². The fraction of sp³-hybridized carbons (Fsp3) is 0.130. The van der Waals surface area contributed by atoms with Gasteiger partial charge in [0.15, 0.2) is 0 Å². The Hall–Kier alpha value is -4.40. The number of nitro benzene ring substituents is 1. The lowest BCUT2D eigenvalue weighted by atomic mass is 9.95. The summed E-state index contributed by atoms with van der Waals surface area (Å²) in [5, 5.41) is 22.2. The highest BCUT2D eigenvalue weighted by atomic mass is 16.6. The van der Waals surface area contributed by atoms with E-state index in [1.54, 1.807) is 36.4 Å². The van der Waals surface area contributed by atoms with E-state index in [1.807, 2.05) is 0 Å². The number of carbonyl (C=O) groups is 2. The van der Waals surface area contributed by atoms with Gasteiger partial charge in [-0.05, 0) is 29.8 Å². The van der Waals surface area contributed by atoms with Crippen LogP contribution in [-0.4, -0.2) is 33.7 Å². The van der Waals surface area contributed by atoms with Crippen molar-refractivity contribution in [2.24, 2.45) is 0 Å². The van der Waals surface area contributed by atoms with Crippen LogP contribution < -0.4 is 4.74 Å². The molecule has 1 aliphatic heterocycles. The van der Waals surface area contributed by atoms with Crippen LogP contribution >= 0.6 is 0 Å². The van der Waals surface area contributed by atoms with Crippen molar-refractivity contribution < 1.29 is 28.8 Å². The molecule has 1 aromatic heterocycles. The van der Waals surface area contributed by atoms with E-state index in [4.69, 9.17) is 9.15 Å². The van der Waals surface area contributed by atoms with Crippen LogP contribution in [0, 0.1) is 10.1 Å². The lowest BCUT2D eigenvalue weighted by molar-refractivity contribution is -0.384. The summed E-state index contributed by atoms with van der Waals surface area (Å²) in [5.74, 6) is -1.26. The second-order valence-corrected chi connectivity index (χ2v) is 7.09. The average Bonchev–Trinajstić information content (AvgIpc) is 3.41. The summed E-state index contributed by atoms with van der Waals surface area (Å²) in [5.41, 5.74) is 0.164. The summed E-state index contributed by atoms with van der Waals surface area (Å²) >= 11 is 0. The number of rotatable bonds is 6. The van der Waals surface area contributed by atoms with Crippen LogP contribution in [0.2, 0.25) is 0 Å². The van der Waals surface area contributed by atoms with Crippen molar-refractivity contribution in [3.63, 3.8) is 0 Å². The summed E-state index contributed by atoms with van der Waals surface area (Å²) in [6.45, 7) is -0.00876. The van der Waals surface area contributed by atoms with E-state index in [1.165, 1.54) is 36.5 Å². The Morgan fingerprint density at radius 3 is 2.62 bits per heavy atom. The highest BCUT2D eigenvalue weighted by Crippen LogP contribution is 2.41. The molecule has 0 aliphatic carbocycles. The van der Waals surface area contributed by atoms with Gasteiger partial charge in [-0.2, -0.15) is 0 Å². The Kier molecular flexibility index (Phi) is 5.46. The molecule has 2 aromatic carbocycles. The molecule has 0 spiro atoms. The number of ether oxygens (including phenoxy) is 1. The van der Waals surface area contributed by atoms with Gasteiger partial charge in [0.25, 0.3) is 17.4 Å². The smallest absolute Gasteiger partial charge is 0.296 e. The molecule has 0 saturated carbocycles. The molecule has 0 radical (unpaired) electrons. The van der Waals surface area contributed by atoms with Crippen LogP contribution in [0.25, 0.3) is 5.76 Å². The molecule has 1 atom stereocenters. The Labute approximate surface area is 182 Å². The minimum Gasteiger partial charge on any atom is -0.507 e. The summed E-state index contributed by atoms with van der Waals surface area (Å²) in [6.07, 6.45) is 1.45. The van der Waals surface area contributed by atoms with Gasteiger partial charge in [0, 0.05) is 17.7 Å². The molecule has 3 aromatic rings. The SMILES string of the molecule is COc1cccc([C@H]2C(=C(O)c3cccc([N+](=O)[O-])c3)C(=O)C(=O)N2Cc2ccco2)c1. The second kappa shape index (κ2) is 8.38. The number of amides is 1. The van der Waals surface area contributed by atoms with Crippen molar-refractivity contribution in [3.05, 3.63) is 99.5 Å². The Bertz CT molecular complexity index is 1230. The molecule has 1 amide bonds. The topological polar surface area (TPSA) is 123 Å². The Morgan fingerprint density at radius 2 is 1.94 bits per heavy atom. The molecular weight excluding hydrogens is 416 g/mol. The first kappa shape index (κ1) is 20.9. The lowest BCUT2D eigenvalue weighted by Crippen LogP contribution is -2.29. The van der Waals surface area contributed by atoms with E-state index < -0.39 is 28.4 Å². The highest BCUT2D eigenvalue weighted by Gasteiger charge is 2.46. The molecule has 162 valence electrons. The second-order valence-electron chi connectivity index (χ2n) is 7.09. The van der Waals surface area contributed by atoms with Gasteiger partial charge in [0.05, 0.1) is 36.5 Å². The zero-order valence-electron chi connectivity index (χ0n) is 16.9. The van der Waals surface area contributed by atoms with Crippen LogP contribution in [0.5, 0.6) is 5.75 Å². The predicted octanol–water partition coefficient (Wildman–Crippen LogP) is 3.82. The molecule has 1 N–H and O–H groups in total. The number of Topliss-reactive ketones (excluding diaryl/α,β-unsaturated/α-hetero) is 1. The number of furan rings is 1. The first-order chi connectivity index (χ1) is 15.4. The monoisotopic (exact) mass is 434 g/mol. The minimum absolute atomic E-state index is 0.00876. The summed E-state index contributed by atoms with van der Waals surface area (Å²) in [6, 6.07) is 14.4. The van der Waals surface area contributed by atoms with Gasteiger partial charge >= 0.3 is 0 Å². The quantitative estimate of drug-likeness (QED) is 0.206. The third-order valence-electron chi connectivity index (χ3n) is 5.19. The molecule has 2 heterocycles. The summed E-state index contributed by atoms with van der Waals surface area (Å²) in [4.78, 5) is 37.8. The average molecular weight is 434 g/mol. The minimum atomic E-state index is -0.950. The summed E-state index contributed by atoms with van der Waals surface area (Å²) < 4.78 is 10.6. The molecule has 1 aliphatic rings. The van der Waals surface area contributed by atoms with Crippen molar-refractivity contribution in [2.45, 2.75) is 12.6 Å². The van der Waals surface area contributed by atoms with E-state index in [0.717, 1.165) is 6.07 Å². The Balaban J connectivity index is 1.89. The number of benzene rings is 2. The van der Waals surface area contributed by atoms with Crippen molar-refractivity contribution in [3.8, 4) is 5.75 Å². The third-order valence-corrected chi connectivity index (χ3v) is 5.19. The number of non-ortho nitro benzene ring substituents is 1. The van der Waals surface area contributed by atoms with Crippen LogP contribution in [0.4, 0.5) is 5.69 Å². The molecule has 1 fully saturated rings. The maximum absolute atomic E-state index is 13.0. The van der Waals surface area contributed by atoms with E-state index in [0.29, 0.717) is 17.1 Å². The van der Waals surface area contributed by atoms with Crippen LogP contribution in [0.15, 0.2) is 76.9 Å². The standard InChI is InChI=1S/C23H18N2O7/c1-31-17-8-3-5-14(12-17)20-19(21(26)15-6-2-7-16(11-15)25(29)30)22(27)23(28)24(20)13-18-9-4-10-32-18/h2-12,20,26H,13H2,1H3/t20-/m0/s1. The maximum atomic E-state index is 13.0. The van der Waals surface area contributed by atoms with Gasteiger partial charge in [-0.1, -0.05) is 24.3 Å². The molecule has 9 heteroatoms. The lowest BCUT2D eigenvalue weighted by Gasteiger charge is -2.24. The van der Waals surface area contributed by atoms with Crippen molar-refractivity contribution >= 4 is 23.1 Å². The number of nitrogens with zero attached hydrogens (tertiary/aromatic N) is 2. The highest BCUT2D eigenvalue weighted by molar-refractivity contribution is 6.46. The van der Waals surface area contributed by atoms with Gasteiger partial charge in [-0.15, -0.1) is 0 Å². The molecule has 32 heavy (non-hydrogen) atoms. The zero-order chi connectivity index (χ0) is 22.8. The van der Waals surface area contributed by atoms with E-state index in [2.05, 4.69) is 0 Å². The number of nitro groups is 1.